The second kappa shape index (κ2) is 7.56. The monoisotopic (exact) mass is 356 g/mol. The quantitative estimate of drug-likeness (QED) is 0.787. The predicted octanol–water partition coefficient (Wildman–Crippen LogP) is 5.05. The number of nitrogens with zero attached hydrogens (tertiary/aromatic N) is 2. The summed E-state index contributed by atoms with van der Waals surface area (Å²) < 4.78 is 7.91. The van der Waals surface area contributed by atoms with Crippen LogP contribution in [0.3, 0.4) is 0 Å². The number of aromatic nitrogens is 2. The highest BCUT2D eigenvalue weighted by Gasteiger charge is 2.21. The Morgan fingerprint density at radius 1 is 1.17 bits per heavy atom. The summed E-state index contributed by atoms with van der Waals surface area (Å²) in [7, 11) is 0. The topological polar surface area (TPSA) is 47.3 Å². The molecule has 0 saturated heterocycles. The van der Waals surface area contributed by atoms with Crippen LogP contribution in [0.25, 0.3) is 0 Å². The fraction of sp³-hybridized carbons (Fsp3) is 0.471. The lowest BCUT2D eigenvalue weighted by Crippen LogP contribution is -2.08. The maximum Gasteiger partial charge on any atom is 0.221 e. The molecule has 0 amide bonds. The van der Waals surface area contributed by atoms with Gasteiger partial charge in [-0.15, -0.1) is 0 Å². The second-order valence-electron chi connectivity index (χ2n) is 5.88. The minimum absolute atomic E-state index is 0.132. The van der Waals surface area contributed by atoms with E-state index in [0.29, 0.717) is 28.1 Å². The molecule has 0 spiro atoms. The summed E-state index contributed by atoms with van der Waals surface area (Å²) in [6.45, 7) is 7.88. The summed E-state index contributed by atoms with van der Waals surface area (Å²) in [5.41, 5.74) is 1.86. The van der Waals surface area contributed by atoms with E-state index < -0.39 is 6.10 Å². The van der Waals surface area contributed by atoms with Crippen LogP contribution in [-0.2, 0) is 12.8 Å². The first-order valence-corrected chi connectivity index (χ1v) is 8.49. The maximum absolute atomic E-state index is 9.70. The third kappa shape index (κ3) is 4.40. The molecular weight excluding hydrogens is 335 g/mol. The fourth-order valence-corrected chi connectivity index (χ4v) is 2.96. The molecule has 1 unspecified atom stereocenters. The molecule has 4 nitrogen and oxygen atoms in total. The largest absolute Gasteiger partial charge is 0.439 e. The van der Waals surface area contributed by atoms with Crippen LogP contribution in [0.15, 0.2) is 18.2 Å². The zero-order valence-corrected chi connectivity index (χ0v) is 15.3. The lowest BCUT2D eigenvalue weighted by molar-refractivity contribution is 0.193. The minimum atomic E-state index is -0.454. The van der Waals surface area contributed by atoms with Crippen molar-refractivity contribution in [3.63, 3.8) is 0 Å². The molecule has 6 heteroatoms. The van der Waals surface area contributed by atoms with Gasteiger partial charge >= 0.3 is 0 Å². The van der Waals surface area contributed by atoms with Crippen LogP contribution in [0.1, 0.15) is 45.0 Å². The highest BCUT2D eigenvalue weighted by atomic mass is 35.5. The van der Waals surface area contributed by atoms with Gasteiger partial charge in [0, 0.05) is 22.0 Å². The third-order valence-corrected chi connectivity index (χ3v) is 3.86. The lowest BCUT2D eigenvalue weighted by atomic mass is 10.1. The van der Waals surface area contributed by atoms with Crippen LogP contribution in [-0.4, -0.2) is 21.0 Å². The molecule has 2 rings (SSSR count). The van der Waals surface area contributed by atoms with Gasteiger partial charge in [-0.05, 0) is 45.4 Å². The summed E-state index contributed by atoms with van der Waals surface area (Å²) in [5, 5.41) is 15.4. The van der Waals surface area contributed by atoms with E-state index >= 15 is 0 Å². The second-order valence-corrected chi connectivity index (χ2v) is 6.76. The van der Waals surface area contributed by atoms with Crippen molar-refractivity contribution in [2.24, 2.45) is 0 Å². The van der Waals surface area contributed by atoms with Gasteiger partial charge in [0.2, 0.25) is 5.88 Å². The van der Waals surface area contributed by atoms with Crippen LogP contribution in [0, 0.1) is 0 Å². The van der Waals surface area contributed by atoms with E-state index in [1.165, 1.54) is 0 Å². The first kappa shape index (κ1) is 18.1. The third-order valence-electron chi connectivity index (χ3n) is 3.43. The van der Waals surface area contributed by atoms with Crippen LogP contribution in [0.4, 0.5) is 0 Å². The number of hydrogen-bond donors (Lipinski definition) is 1. The number of aliphatic hydroxyl groups excluding tert-OH is 1. The van der Waals surface area contributed by atoms with E-state index in [-0.39, 0.29) is 6.04 Å². The van der Waals surface area contributed by atoms with Crippen molar-refractivity contribution in [2.75, 3.05) is 0 Å². The van der Waals surface area contributed by atoms with Crippen LogP contribution in [0.2, 0.25) is 10.0 Å². The number of ether oxygens (including phenoxy) is 1. The smallest absolute Gasteiger partial charge is 0.221 e. The molecule has 0 aliphatic carbocycles. The Labute approximate surface area is 147 Å². The molecule has 0 aliphatic rings. The molecule has 126 valence electrons. The number of rotatable bonds is 6. The van der Waals surface area contributed by atoms with Crippen LogP contribution in [0.5, 0.6) is 11.6 Å². The predicted molar refractivity (Wildman–Crippen MR) is 93.9 cm³/mol. The van der Waals surface area contributed by atoms with Gasteiger partial charge in [-0.1, -0.05) is 30.1 Å². The Morgan fingerprint density at radius 3 is 2.26 bits per heavy atom. The van der Waals surface area contributed by atoms with Gasteiger partial charge in [-0.25, -0.2) is 4.68 Å². The van der Waals surface area contributed by atoms with Crippen molar-refractivity contribution in [1.82, 2.24) is 9.78 Å². The lowest BCUT2D eigenvalue weighted by Gasteiger charge is -2.13. The van der Waals surface area contributed by atoms with Crippen LogP contribution >= 0.6 is 23.2 Å². The molecule has 1 aromatic heterocycles. The first-order valence-electron chi connectivity index (χ1n) is 7.74. The summed E-state index contributed by atoms with van der Waals surface area (Å²) in [5.74, 6) is 1.25. The van der Waals surface area contributed by atoms with Gasteiger partial charge in [0.25, 0.3) is 0 Å². The standard InChI is InChI=1S/C17H22Cl2N2O2/c1-5-15-16(6-11(4)22)20-21(10(2)3)17(15)23-14-8-12(18)7-13(19)9-14/h7-11,22H,5-6H2,1-4H3. The van der Waals surface area contributed by atoms with Crippen molar-refractivity contribution in [2.45, 2.75) is 52.7 Å². The average Bonchev–Trinajstić information content (AvgIpc) is 2.74. The normalized spacial score (nSPS) is 12.7. The van der Waals surface area contributed by atoms with Gasteiger partial charge < -0.3 is 9.84 Å². The van der Waals surface area contributed by atoms with Gasteiger partial charge in [0.1, 0.15) is 5.75 Å². The molecule has 0 bridgehead atoms. The number of benzene rings is 1. The van der Waals surface area contributed by atoms with E-state index in [0.717, 1.165) is 17.7 Å². The summed E-state index contributed by atoms with van der Waals surface area (Å²) in [6.07, 6.45) is 0.804. The zero-order chi connectivity index (χ0) is 17.1. The highest BCUT2D eigenvalue weighted by molar-refractivity contribution is 6.34. The van der Waals surface area contributed by atoms with Crippen molar-refractivity contribution < 1.29 is 9.84 Å². The van der Waals surface area contributed by atoms with E-state index in [1.807, 2.05) is 25.5 Å². The molecular formula is C17H22Cl2N2O2. The molecule has 0 saturated carbocycles. The summed E-state index contributed by atoms with van der Waals surface area (Å²) in [4.78, 5) is 0. The summed E-state index contributed by atoms with van der Waals surface area (Å²) in [6, 6.07) is 5.24. The Morgan fingerprint density at radius 2 is 1.78 bits per heavy atom. The highest BCUT2D eigenvalue weighted by Crippen LogP contribution is 2.34. The van der Waals surface area contributed by atoms with Crippen molar-refractivity contribution in [3.05, 3.63) is 39.5 Å². The molecule has 2 aromatic rings. The van der Waals surface area contributed by atoms with Crippen molar-refractivity contribution in [3.8, 4) is 11.6 Å². The van der Waals surface area contributed by atoms with Gasteiger partial charge in [0.15, 0.2) is 0 Å². The molecule has 1 N–H and O–H groups in total. The number of aliphatic hydroxyl groups is 1. The maximum atomic E-state index is 9.70. The summed E-state index contributed by atoms with van der Waals surface area (Å²) >= 11 is 12.1. The van der Waals surface area contributed by atoms with Crippen LogP contribution < -0.4 is 4.74 Å². The van der Waals surface area contributed by atoms with E-state index in [1.54, 1.807) is 25.1 Å². The van der Waals surface area contributed by atoms with Gasteiger partial charge in [0.05, 0.1) is 17.8 Å². The van der Waals surface area contributed by atoms with Gasteiger partial charge in [-0.3, -0.25) is 0 Å². The molecule has 0 radical (unpaired) electrons. The van der Waals surface area contributed by atoms with Crippen molar-refractivity contribution in [1.29, 1.82) is 0 Å². The van der Waals surface area contributed by atoms with Gasteiger partial charge in [-0.2, -0.15) is 5.10 Å². The molecule has 1 aromatic carbocycles. The molecule has 0 fully saturated rings. The Bertz CT molecular complexity index is 661. The average molecular weight is 357 g/mol. The molecule has 1 heterocycles. The fourth-order valence-electron chi connectivity index (χ4n) is 2.45. The van der Waals surface area contributed by atoms with E-state index in [9.17, 15) is 5.11 Å². The van der Waals surface area contributed by atoms with E-state index in [2.05, 4.69) is 5.10 Å². The van der Waals surface area contributed by atoms with E-state index in [4.69, 9.17) is 27.9 Å². The number of hydrogen-bond acceptors (Lipinski definition) is 3. The minimum Gasteiger partial charge on any atom is -0.439 e. The number of halogens is 2. The molecule has 23 heavy (non-hydrogen) atoms. The zero-order valence-electron chi connectivity index (χ0n) is 13.8. The Kier molecular flexibility index (Phi) is 5.95. The Hall–Kier alpha value is -1.23. The molecule has 1 atom stereocenters. The van der Waals surface area contributed by atoms with Crippen molar-refractivity contribution >= 4 is 23.2 Å². The first-order chi connectivity index (χ1) is 10.8. The SMILES string of the molecule is CCc1c(CC(C)O)nn(C(C)C)c1Oc1cc(Cl)cc(Cl)c1. The molecule has 0 aliphatic heterocycles. The Balaban J connectivity index is 2.48.